The standard InChI is InChI=1S/C6H11NO3/c1-4-2-7(6(9)10)3-5(4)8/h4-5,8H,2-3H2,1H3,(H,9,10)/t4-,5+/m1/s1. The maximum absolute atomic E-state index is 10.3. The number of hydrogen-bond acceptors (Lipinski definition) is 2. The molecule has 1 aliphatic rings. The van der Waals surface area contributed by atoms with Crippen LogP contribution in [0.3, 0.4) is 0 Å². The fraction of sp³-hybridized carbons (Fsp3) is 0.833. The van der Waals surface area contributed by atoms with E-state index in [0.717, 1.165) is 0 Å². The van der Waals surface area contributed by atoms with Gasteiger partial charge in [0.05, 0.1) is 12.6 Å². The Labute approximate surface area is 59.1 Å². The first-order chi connectivity index (χ1) is 4.61. The van der Waals surface area contributed by atoms with Gasteiger partial charge in [-0.05, 0) is 0 Å². The third-order valence-electron chi connectivity index (χ3n) is 1.84. The van der Waals surface area contributed by atoms with Crippen LogP contribution in [0.2, 0.25) is 0 Å². The first-order valence-electron chi connectivity index (χ1n) is 3.27. The second-order valence-electron chi connectivity index (χ2n) is 2.73. The van der Waals surface area contributed by atoms with Crippen molar-refractivity contribution in [1.82, 2.24) is 4.90 Å². The Kier molecular flexibility index (Phi) is 1.80. The summed E-state index contributed by atoms with van der Waals surface area (Å²) in [5.74, 6) is 0.0797. The highest BCUT2D eigenvalue weighted by Gasteiger charge is 2.30. The minimum atomic E-state index is -0.941. The number of rotatable bonds is 0. The molecule has 0 bridgehead atoms. The lowest BCUT2D eigenvalue weighted by Gasteiger charge is -2.08. The van der Waals surface area contributed by atoms with Crippen molar-refractivity contribution in [1.29, 1.82) is 0 Å². The summed E-state index contributed by atoms with van der Waals surface area (Å²) in [4.78, 5) is 11.5. The quantitative estimate of drug-likeness (QED) is 0.503. The van der Waals surface area contributed by atoms with Crippen molar-refractivity contribution in [2.45, 2.75) is 13.0 Å². The zero-order valence-electron chi connectivity index (χ0n) is 5.82. The predicted molar refractivity (Wildman–Crippen MR) is 34.8 cm³/mol. The number of carboxylic acid groups (broad SMARTS) is 1. The molecule has 2 N–H and O–H groups in total. The normalized spacial score (nSPS) is 32.8. The summed E-state index contributed by atoms with van der Waals surface area (Å²) in [6.07, 6.45) is -1.42. The van der Waals surface area contributed by atoms with Gasteiger partial charge in [0.2, 0.25) is 0 Å². The van der Waals surface area contributed by atoms with Crippen LogP contribution in [0.4, 0.5) is 4.79 Å². The van der Waals surface area contributed by atoms with E-state index < -0.39 is 12.2 Å². The van der Waals surface area contributed by atoms with Gasteiger partial charge in [0.25, 0.3) is 0 Å². The van der Waals surface area contributed by atoms with Crippen molar-refractivity contribution in [3.63, 3.8) is 0 Å². The molecule has 1 amide bonds. The SMILES string of the molecule is C[C@@H]1CN(C(=O)O)C[C@@H]1O. The number of likely N-dealkylation sites (tertiary alicyclic amines) is 1. The van der Waals surface area contributed by atoms with E-state index in [4.69, 9.17) is 10.2 Å². The Morgan fingerprint density at radius 2 is 2.20 bits per heavy atom. The first-order valence-corrected chi connectivity index (χ1v) is 3.27. The predicted octanol–water partition coefficient (Wildman–Crippen LogP) is -0.0230. The molecule has 0 saturated carbocycles. The summed E-state index contributed by atoms with van der Waals surface area (Å²) in [5, 5.41) is 17.6. The van der Waals surface area contributed by atoms with Gasteiger partial charge in [-0.3, -0.25) is 0 Å². The van der Waals surface area contributed by atoms with Crippen LogP contribution >= 0.6 is 0 Å². The van der Waals surface area contributed by atoms with Gasteiger partial charge in [0, 0.05) is 12.5 Å². The minimum Gasteiger partial charge on any atom is -0.465 e. The summed E-state index contributed by atoms with van der Waals surface area (Å²) in [5.41, 5.74) is 0. The Morgan fingerprint density at radius 1 is 1.60 bits per heavy atom. The number of carbonyl (C=O) groups is 1. The van der Waals surface area contributed by atoms with Crippen LogP contribution in [0.5, 0.6) is 0 Å². The topological polar surface area (TPSA) is 60.8 Å². The molecule has 2 atom stereocenters. The van der Waals surface area contributed by atoms with Gasteiger partial charge in [0.1, 0.15) is 0 Å². The monoisotopic (exact) mass is 145 g/mol. The number of nitrogens with zero attached hydrogens (tertiary/aromatic N) is 1. The summed E-state index contributed by atoms with van der Waals surface area (Å²) < 4.78 is 0. The van der Waals surface area contributed by atoms with Gasteiger partial charge in [-0.25, -0.2) is 4.79 Å². The zero-order valence-corrected chi connectivity index (χ0v) is 5.82. The molecule has 1 heterocycles. The fourth-order valence-electron chi connectivity index (χ4n) is 1.11. The minimum absolute atomic E-state index is 0.0797. The maximum Gasteiger partial charge on any atom is 0.407 e. The van der Waals surface area contributed by atoms with E-state index in [1.165, 1.54) is 4.90 Å². The van der Waals surface area contributed by atoms with Crippen LogP contribution in [-0.2, 0) is 0 Å². The zero-order chi connectivity index (χ0) is 7.72. The van der Waals surface area contributed by atoms with E-state index >= 15 is 0 Å². The Morgan fingerprint density at radius 3 is 2.40 bits per heavy atom. The van der Waals surface area contributed by atoms with E-state index in [1.54, 1.807) is 0 Å². The largest absolute Gasteiger partial charge is 0.465 e. The Hall–Kier alpha value is -0.770. The molecule has 58 valence electrons. The van der Waals surface area contributed by atoms with E-state index in [9.17, 15) is 4.79 Å². The average Bonchev–Trinajstić information content (AvgIpc) is 2.13. The van der Waals surface area contributed by atoms with Crippen LogP contribution in [0.25, 0.3) is 0 Å². The number of aliphatic hydroxyl groups excluding tert-OH is 1. The van der Waals surface area contributed by atoms with Gasteiger partial charge in [0.15, 0.2) is 0 Å². The molecule has 0 unspecified atom stereocenters. The molecule has 0 aromatic carbocycles. The first kappa shape index (κ1) is 7.34. The van der Waals surface area contributed by atoms with Gasteiger partial charge >= 0.3 is 6.09 Å². The van der Waals surface area contributed by atoms with E-state index in [0.29, 0.717) is 6.54 Å². The summed E-state index contributed by atoms with van der Waals surface area (Å²) in [7, 11) is 0. The Bertz CT molecular complexity index is 138. The van der Waals surface area contributed by atoms with Crippen molar-refractivity contribution < 1.29 is 15.0 Å². The molecular weight excluding hydrogens is 134 g/mol. The van der Waals surface area contributed by atoms with Crippen LogP contribution in [0, 0.1) is 5.92 Å². The summed E-state index contributed by atoms with van der Waals surface area (Å²) >= 11 is 0. The van der Waals surface area contributed by atoms with Crippen LogP contribution in [0.1, 0.15) is 6.92 Å². The third-order valence-corrected chi connectivity index (χ3v) is 1.84. The number of β-amino-alcohol motifs (C(OH)–C–C–N with tert-alkyl or cyclic N) is 1. The highest BCUT2D eigenvalue weighted by molar-refractivity contribution is 5.65. The van der Waals surface area contributed by atoms with Gasteiger partial charge < -0.3 is 15.1 Å². The molecule has 4 heteroatoms. The van der Waals surface area contributed by atoms with Crippen molar-refractivity contribution >= 4 is 6.09 Å². The second-order valence-corrected chi connectivity index (χ2v) is 2.73. The highest BCUT2D eigenvalue weighted by Crippen LogP contribution is 2.15. The molecular formula is C6H11NO3. The Balaban J connectivity index is 2.49. The van der Waals surface area contributed by atoms with Crippen LogP contribution < -0.4 is 0 Å². The lowest BCUT2D eigenvalue weighted by atomic mass is 10.1. The molecule has 4 nitrogen and oxygen atoms in total. The van der Waals surface area contributed by atoms with Crippen LogP contribution in [-0.4, -0.2) is 40.4 Å². The third kappa shape index (κ3) is 1.21. The van der Waals surface area contributed by atoms with Crippen molar-refractivity contribution in [2.24, 2.45) is 5.92 Å². The maximum atomic E-state index is 10.3. The summed E-state index contributed by atoms with van der Waals surface area (Å²) in [6.45, 7) is 2.56. The molecule has 1 saturated heterocycles. The molecule has 0 aliphatic carbocycles. The smallest absolute Gasteiger partial charge is 0.407 e. The molecule has 1 rings (SSSR count). The van der Waals surface area contributed by atoms with Crippen molar-refractivity contribution in [2.75, 3.05) is 13.1 Å². The van der Waals surface area contributed by atoms with Crippen molar-refractivity contribution in [3.8, 4) is 0 Å². The molecule has 0 aromatic rings. The lowest BCUT2D eigenvalue weighted by molar-refractivity contribution is 0.134. The van der Waals surface area contributed by atoms with E-state index in [-0.39, 0.29) is 12.5 Å². The molecule has 10 heavy (non-hydrogen) atoms. The second kappa shape index (κ2) is 2.46. The molecule has 0 aromatic heterocycles. The molecule has 1 aliphatic heterocycles. The molecule has 0 radical (unpaired) electrons. The number of hydrogen-bond donors (Lipinski definition) is 2. The lowest BCUT2D eigenvalue weighted by Crippen LogP contribution is -2.27. The molecule has 0 spiro atoms. The highest BCUT2D eigenvalue weighted by atomic mass is 16.4. The van der Waals surface area contributed by atoms with Gasteiger partial charge in [-0.1, -0.05) is 6.92 Å². The van der Waals surface area contributed by atoms with Gasteiger partial charge in [-0.2, -0.15) is 0 Å². The van der Waals surface area contributed by atoms with E-state index in [2.05, 4.69) is 0 Å². The van der Waals surface area contributed by atoms with Gasteiger partial charge in [-0.15, -0.1) is 0 Å². The van der Waals surface area contributed by atoms with Crippen molar-refractivity contribution in [3.05, 3.63) is 0 Å². The number of amides is 1. The van der Waals surface area contributed by atoms with E-state index in [1.807, 2.05) is 6.92 Å². The molecule has 1 fully saturated rings. The fourth-order valence-corrected chi connectivity index (χ4v) is 1.11. The van der Waals surface area contributed by atoms with Crippen LogP contribution in [0.15, 0.2) is 0 Å². The number of aliphatic hydroxyl groups is 1. The summed E-state index contributed by atoms with van der Waals surface area (Å²) in [6, 6.07) is 0. The average molecular weight is 145 g/mol.